The monoisotopic (exact) mass is 324 g/mol. The lowest BCUT2D eigenvalue weighted by Crippen LogP contribution is -2.05. The molecule has 6 nitrogen and oxygen atoms in total. The van der Waals surface area contributed by atoms with Crippen LogP contribution in [0.3, 0.4) is 0 Å². The van der Waals surface area contributed by atoms with Gasteiger partial charge < -0.3 is 9.47 Å². The van der Waals surface area contributed by atoms with E-state index >= 15 is 0 Å². The van der Waals surface area contributed by atoms with E-state index in [2.05, 4.69) is 26.2 Å². The number of hydrogen-bond donors (Lipinski definition) is 0. The van der Waals surface area contributed by atoms with Crippen molar-refractivity contribution in [2.75, 3.05) is 6.79 Å². The number of aliphatic imine (C=N–C) groups is 1. The maximum atomic E-state index is 5.49. The fourth-order valence-electron chi connectivity index (χ4n) is 2.95. The summed E-state index contributed by atoms with van der Waals surface area (Å²) >= 11 is 1.67. The van der Waals surface area contributed by atoms with Gasteiger partial charge >= 0.3 is 0 Å². The zero-order chi connectivity index (χ0) is 15.4. The van der Waals surface area contributed by atoms with Gasteiger partial charge in [0, 0.05) is 11.1 Å². The molecular weight excluding hydrogens is 312 g/mol. The Morgan fingerprint density at radius 2 is 2.04 bits per heavy atom. The summed E-state index contributed by atoms with van der Waals surface area (Å²) in [6.45, 7) is 2.74. The standard InChI is InChI=1S/C16H12N4O2S/c1-9-18-19-14-7-17-15(11-4-5-23-16(11)20(9)14)10-2-3-12-13(6-10)22-8-21-12/h2-6H,7-8H2,1H3. The predicted octanol–water partition coefficient (Wildman–Crippen LogP) is 2.72. The Morgan fingerprint density at radius 3 is 3.00 bits per heavy atom. The molecular formula is C16H12N4O2S. The van der Waals surface area contributed by atoms with Gasteiger partial charge in [-0.15, -0.1) is 21.5 Å². The minimum Gasteiger partial charge on any atom is -0.454 e. The number of aryl methyl sites for hydroxylation is 1. The largest absolute Gasteiger partial charge is 0.454 e. The number of fused-ring (bicyclic) bond motifs is 4. The third kappa shape index (κ3) is 1.83. The molecule has 0 aliphatic carbocycles. The maximum Gasteiger partial charge on any atom is 0.231 e. The third-order valence-corrected chi connectivity index (χ3v) is 4.92. The summed E-state index contributed by atoms with van der Waals surface area (Å²) in [5, 5.41) is 11.6. The van der Waals surface area contributed by atoms with E-state index in [4.69, 9.17) is 14.5 Å². The van der Waals surface area contributed by atoms with Gasteiger partial charge in [0.25, 0.3) is 0 Å². The fraction of sp³-hybridized carbons (Fsp3) is 0.188. The molecule has 0 spiro atoms. The minimum absolute atomic E-state index is 0.273. The Labute approximate surface area is 136 Å². The Hall–Kier alpha value is -2.67. The quantitative estimate of drug-likeness (QED) is 0.690. The smallest absolute Gasteiger partial charge is 0.231 e. The van der Waals surface area contributed by atoms with Crippen molar-refractivity contribution in [2.45, 2.75) is 13.5 Å². The lowest BCUT2D eigenvalue weighted by molar-refractivity contribution is 0.174. The van der Waals surface area contributed by atoms with Crippen LogP contribution in [0.4, 0.5) is 0 Å². The second-order valence-corrected chi connectivity index (χ2v) is 6.27. The van der Waals surface area contributed by atoms with Crippen LogP contribution in [0.5, 0.6) is 11.5 Å². The Kier molecular flexibility index (Phi) is 2.60. The van der Waals surface area contributed by atoms with Crippen LogP contribution < -0.4 is 9.47 Å². The molecule has 23 heavy (non-hydrogen) atoms. The number of aromatic nitrogens is 3. The van der Waals surface area contributed by atoms with Crippen LogP contribution in [-0.4, -0.2) is 27.3 Å². The highest BCUT2D eigenvalue weighted by molar-refractivity contribution is 7.13. The molecule has 0 fully saturated rings. The van der Waals surface area contributed by atoms with E-state index in [1.165, 1.54) is 0 Å². The highest BCUT2D eigenvalue weighted by Crippen LogP contribution is 2.35. The van der Waals surface area contributed by atoms with E-state index in [9.17, 15) is 0 Å². The van der Waals surface area contributed by atoms with Crippen LogP contribution in [0.25, 0.3) is 5.00 Å². The maximum absolute atomic E-state index is 5.49. The average Bonchev–Trinajstić information content (AvgIpc) is 3.26. The van der Waals surface area contributed by atoms with E-state index in [-0.39, 0.29) is 6.79 Å². The first-order valence-corrected chi connectivity index (χ1v) is 8.13. The Balaban J connectivity index is 1.69. The molecule has 0 amide bonds. The van der Waals surface area contributed by atoms with Crippen molar-refractivity contribution in [1.29, 1.82) is 0 Å². The van der Waals surface area contributed by atoms with Crippen molar-refractivity contribution in [3.63, 3.8) is 0 Å². The van der Waals surface area contributed by atoms with Crippen LogP contribution in [0.1, 0.15) is 22.8 Å². The van der Waals surface area contributed by atoms with E-state index in [0.717, 1.165) is 45.0 Å². The number of rotatable bonds is 1. The molecule has 0 saturated carbocycles. The molecule has 0 radical (unpaired) electrons. The molecule has 1 aromatic carbocycles. The van der Waals surface area contributed by atoms with Crippen LogP contribution in [0.15, 0.2) is 34.6 Å². The summed E-state index contributed by atoms with van der Waals surface area (Å²) in [6, 6.07) is 8.04. The van der Waals surface area contributed by atoms with Gasteiger partial charge in [-0.3, -0.25) is 9.56 Å². The molecule has 0 unspecified atom stereocenters. The SMILES string of the molecule is Cc1nnc2n1-c1sccc1C(c1ccc3c(c1)OCO3)=NC2. The summed E-state index contributed by atoms with van der Waals surface area (Å²) in [5.74, 6) is 3.29. The molecule has 2 aromatic heterocycles. The predicted molar refractivity (Wildman–Crippen MR) is 85.9 cm³/mol. The van der Waals surface area contributed by atoms with Crippen molar-refractivity contribution in [1.82, 2.24) is 14.8 Å². The summed E-state index contributed by atoms with van der Waals surface area (Å²) < 4.78 is 13.0. The van der Waals surface area contributed by atoms with Crippen LogP contribution in [0.2, 0.25) is 0 Å². The second kappa shape index (κ2) is 4.66. The molecule has 2 aliphatic heterocycles. The van der Waals surface area contributed by atoms with E-state index < -0.39 is 0 Å². The first-order valence-electron chi connectivity index (χ1n) is 7.25. The van der Waals surface area contributed by atoms with Gasteiger partial charge in [0.05, 0.1) is 5.71 Å². The molecule has 114 valence electrons. The number of nitrogens with zero attached hydrogens (tertiary/aromatic N) is 4. The first-order chi connectivity index (χ1) is 11.3. The van der Waals surface area contributed by atoms with E-state index in [1.807, 2.05) is 25.1 Å². The average molecular weight is 324 g/mol. The molecule has 0 saturated heterocycles. The van der Waals surface area contributed by atoms with E-state index in [0.29, 0.717) is 6.54 Å². The fourth-order valence-corrected chi connectivity index (χ4v) is 3.92. The van der Waals surface area contributed by atoms with Crippen molar-refractivity contribution >= 4 is 17.0 Å². The third-order valence-electron chi connectivity index (χ3n) is 4.02. The molecule has 3 aromatic rings. The van der Waals surface area contributed by atoms with Crippen molar-refractivity contribution in [3.8, 4) is 16.5 Å². The highest BCUT2D eigenvalue weighted by Gasteiger charge is 2.24. The summed E-state index contributed by atoms with van der Waals surface area (Å²) in [6.07, 6.45) is 0. The van der Waals surface area contributed by atoms with Crippen LogP contribution in [0, 0.1) is 6.92 Å². The molecule has 0 bridgehead atoms. The van der Waals surface area contributed by atoms with Gasteiger partial charge in [0.15, 0.2) is 17.3 Å². The number of thiophene rings is 1. The molecule has 7 heteroatoms. The van der Waals surface area contributed by atoms with E-state index in [1.54, 1.807) is 11.3 Å². The number of ether oxygens (including phenoxy) is 2. The van der Waals surface area contributed by atoms with Crippen molar-refractivity contribution < 1.29 is 9.47 Å². The lowest BCUT2D eigenvalue weighted by Gasteiger charge is -2.08. The topological polar surface area (TPSA) is 61.5 Å². The summed E-state index contributed by atoms with van der Waals surface area (Å²) in [7, 11) is 0. The summed E-state index contributed by atoms with van der Waals surface area (Å²) in [5.41, 5.74) is 3.06. The normalized spacial score (nSPS) is 14.9. The second-order valence-electron chi connectivity index (χ2n) is 5.37. The number of benzene rings is 1. The van der Waals surface area contributed by atoms with Gasteiger partial charge in [-0.05, 0) is 36.6 Å². The molecule has 4 heterocycles. The zero-order valence-corrected chi connectivity index (χ0v) is 13.1. The van der Waals surface area contributed by atoms with Gasteiger partial charge in [0.1, 0.15) is 17.4 Å². The van der Waals surface area contributed by atoms with Gasteiger partial charge in [-0.25, -0.2) is 0 Å². The first kappa shape index (κ1) is 12.8. The Morgan fingerprint density at radius 1 is 1.13 bits per heavy atom. The Bertz CT molecular complexity index is 957. The lowest BCUT2D eigenvalue weighted by atomic mass is 10.0. The molecule has 0 N–H and O–H groups in total. The molecule has 0 atom stereocenters. The van der Waals surface area contributed by atoms with Gasteiger partial charge in [-0.1, -0.05) is 0 Å². The van der Waals surface area contributed by atoms with Crippen LogP contribution in [-0.2, 0) is 6.54 Å². The number of hydrogen-bond acceptors (Lipinski definition) is 6. The zero-order valence-electron chi connectivity index (χ0n) is 12.3. The van der Waals surface area contributed by atoms with Crippen LogP contribution >= 0.6 is 11.3 Å². The molecule has 5 rings (SSSR count). The van der Waals surface area contributed by atoms with Gasteiger partial charge in [0.2, 0.25) is 6.79 Å². The summed E-state index contributed by atoms with van der Waals surface area (Å²) in [4.78, 5) is 4.79. The van der Waals surface area contributed by atoms with Gasteiger partial charge in [-0.2, -0.15) is 0 Å². The van der Waals surface area contributed by atoms with Crippen molar-refractivity contribution in [3.05, 3.63) is 52.4 Å². The molecule has 2 aliphatic rings. The highest BCUT2D eigenvalue weighted by atomic mass is 32.1. The van der Waals surface area contributed by atoms with Crippen molar-refractivity contribution in [2.24, 2.45) is 4.99 Å². The minimum atomic E-state index is 0.273.